The number of carbonyl (C=O) groups excluding carboxylic acids is 1. The van der Waals surface area contributed by atoms with Crippen molar-refractivity contribution in [3.8, 4) is 0 Å². The van der Waals surface area contributed by atoms with E-state index in [9.17, 15) is 13.2 Å². The molecule has 0 amide bonds. The number of hydrogen-bond donors (Lipinski definition) is 1. The van der Waals surface area contributed by atoms with E-state index in [1.165, 1.54) is 32.8 Å². The topological polar surface area (TPSA) is 72.5 Å². The molecule has 118 valence electrons. The molecule has 1 rings (SSSR count). The van der Waals surface area contributed by atoms with Crippen LogP contribution in [0.25, 0.3) is 0 Å². The summed E-state index contributed by atoms with van der Waals surface area (Å²) in [5, 5.41) is 0. The van der Waals surface area contributed by atoms with Crippen LogP contribution in [0.2, 0.25) is 0 Å². The van der Waals surface area contributed by atoms with Crippen LogP contribution >= 0.6 is 0 Å². The highest BCUT2D eigenvalue weighted by Crippen LogP contribution is 2.30. The molecule has 0 saturated heterocycles. The standard InChI is InChI=1S/C14H27NO4S/c1-12-5-3-6-13(11-12)8-9-15-20(17,18)10-4-7-14(16)19-2/h12-13,15H,3-11H2,1-2H3. The first-order chi connectivity index (χ1) is 9.43. The van der Waals surface area contributed by atoms with Crippen LogP contribution in [0.1, 0.15) is 51.9 Å². The second kappa shape index (κ2) is 8.62. The first-order valence-corrected chi connectivity index (χ1v) is 9.12. The van der Waals surface area contributed by atoms with E-state index in [0.717, 1.165) is 12.3 Å². The molecule has 1 N–H and O–H groups in total. The molecule has 1 fully saturated rings. The number of hydrogen-bond acceptors (Lipinski definition) is 4. The van der Waals surface area contributed by atoms with Gasteiger partial charge in [0.05, 0.1) is 12.9 Å². The van der Waals surface area contributed by atoms with Gasteiger partial charge in [0.25, 0.3) is 0 Å². The van der Waals surface area contributed by atoms with Crippen molar-refractivity contribution >= 4 is 16.0 Å². The average Bonchev–Trinajstić information content (AvgIpc) is 2.38. The predicted octanol–water partition coefficient (Wildman–Crippen LogP) is 2.08. The highest BCUT2D eigenvalue weighted by Gasteiger charge is 2.19. The van der Waals surface area contributed by atoms with Crippen LogP contribution in [0, 0.1) is 11.8 Å². The molecule has 0 bridgehead atoms. The molecule has 0 aromatic rings. The minimum absolute atomic E-state index is 0.0107. The SMILES string of the molecule is COC(=O)CCCS(=O)(=O)NCCC1CCCC(C)C1. The lowest BCUT2D eigenvalue weighted by molar-refractivity contribution is -0.140. The number of sulfonamides is 1. The number of methoxy groups -OCH3 is 1. The first-order valence-electron chi connectivity index (χ1n) is 7.47. The molecule has 6 heteroatoms. The summed E-state index contributed by atoms with van der Waals surface area (Å²) in [5.74, 6) is 1.04. The second-order valence-corrected chi connectivity index (χ2v) is 7.75. The fourth-order valence-corrected chi connectivity index (χ4v) is 3.92. The van der Waals surface area contributed by atoms with Gasteiger partial charge >= 0.3 is 5.97 Å². The van der Waals surface area contributed by atoms with Gasteiger partial charge in [-0.25, -0.2) is 13.1 Å². The maximum Gasteiger partial charge on any atom is 0.305 e. The van der Waals surface area contributed by atoms with Crippen molar-refractivity contribution in [3.63, 3.8) is 0 Å². The van der Waals surface area contributed by atoms with Gasteiger partial charge in [-0.1, -0.05) is 26.2 Å². The van der Waals surface area contributed by atoms with Crippen molar-refractivity contribution in [2.24, 2.45) is 11.8 Å². The monoisotopic (exact) mass is 305 g/mol. The minimum atomic E-state index is -3.26. The highest BCUT2D eigenvalue weighted by atomic mass is 32.2. The van der Waals surface area contributed by atoms with Gasteiger partial charge in [-0.05, 0) is 31.1 Å². The predicted molar refractivity (Wildman–Crippen MR) is 78.8 cm³/mol. The molecule has 0 radical (unpaired) electrons. The zero-order chi connectivity index (χ0) is 15.0. The molecule has 2 atom stereocenters. The lowest BCUT2D eigenvalue weighted by Crippen LogP contribution is -2.29. The molecule has 2 unspecified atom stereocenters. The Hall–Kier alpha value is -0.620. The number of nitrogens with one attached hydrogen (secondary N) is 1. The Morgan fingerprint density at radius 2 is 2.10 bits per heavy atom. The Bertz CT molecular complexity index is 394. The third-order valence-electron chi connectivity index (χ3n) is 3.94. The van der Waals surface area contributed by atoms with Crippen LogP contribution < -0.4 is 4.72 Å². The third kappa shape index (κ3) is 7.24. The third-order valence-corrected chi connectivity index (χ3v) is 5.41. The summed E-state index contributed by atoms with van der Waals surface area (Å²) < 4.78 is 30.6. The molecular formula is C14H27NO4S. The van der Waals surface area contributed by atoms with Gasteiger partial charge in [-0.3, -0.25) is 4.79 Å². The second-order valence-electron chi connectivity index (χ2n) is 5.82. The lowest BCUT2D eigenvalue weighted by Gasteiger charge is -2.26. The molecule has 0 aromatic heterocycles. The highest BCUT2D eigenvalue weighted by molar-refractivity contribution is 7.89. The number of carbonyl (C=O) groups is 1. The van der Waals surface area contributed by atoms with E-state index < -0.39 is 10.0 Å². The van der Waals surface area contributed by atoms with Crippen molar-refractivity contribution in [2.45, 2.75) is 51.9 Å². The lowest BCUT2D eigenvalue weighted by atomic mass is 9.81. The van der Waals surface area contributed by atoms with Crippen LogP contribution in [0.4, 0.5) is 0 Å². The van der Waals surface area contributed by atoms with Crippen LogP contribution in [-0.2, 0) is 19.6 Å². The zero-order valence-corrected chi connectivity index (χ0v) is 13.4. The molecule has 1 aliphatic carbocycles. The normalized spacial score (nSPS) is 23.5. The van der Waals surface area contributed by atoms with E-state index in [1.54, 1.807) is 0 Å². The fourth-order valence-electron chi connectivity index (χ4n) is 2.82. The van der Waals surface area contributed by atoms with Gasteiger partial charge in [0.1, 0.15) is 0 Å². The molecule has 1 aliphatic rings. The molecule has 0 aromatic carbocycles. The molecule has 5 nitrogen and oxygen atoms in total. The van der Waals surface area contributed by atoms with E-state index in [1.807, 2.05) is 0 Å². The van der Waals surface area contributed by atoms with E-state index in [2.05, 4.69) is 16.4 Å². The molecule has 0 spiro atoms. The molecule has 0 aliphatic heterocycles. The van der Waals surface area contributed by atoms with Gasteiger partial charge in [-0.2, -0.15) is 0 Å². The summed E-state index contributed by atoms with van der Waals surface area (Å²) in [7, 11) is -1.95. The van der Waals surface area contributed by atoms with Crippen molar-refractivity contribution in [3.05, 3.63) is 0 Å². The van der Waals surface area contributed by atoms with E-state index in [4.69, 9.17) is 0 Å². The van der Waals surface area contributed by atoms with Crippen LogP contribution in [0.5, 0.6) is 0 Å². The van der Waals surface area contributed by atoms with Gasteiger partial charge in [0.2, 0.25) is 10.0 Å². The summed E-state index contributed by atoms with van der Waals surface area (Å²) in [6, 6.07) is 0. The van der Waals surface area contributed by atoms with Crippen LogP contribution in [-0.4, -0.2) is 33.8 Å². The summed E-state index contributed by atoms with van der Waals surface area (Å²) >= 11 is 0. The Labute approximate surface area is 122 Å². The van der Waals surface area contributed by atoms with Crippen LogP contribution in [0.3, 0.4) is 0 Å². The maximum absolute atomic E-state index is 11.7. The quantitative estimate of drug-likeness (QED) is 0.697. The van der Waals surface area contributed by atoms with E-state index in [0.29, 0.717) is 18.9 Å². The van der Waals surface area contributed by atoms with Crippen LogP contribution in [0.15, 0.2) is 0 Å². The Morgan fingerprint density at radius 3 is 2.75 bits per heavy atom. The minimum Gasteiger partial charge on any atom is -0.469 e. The number of esters is 1. The summed E-state index contributed by atoms with van der Waals surface area (Å²) in [6.07, 6.45) is 6.37. The fraction of sp³-hybridized carbons (Fsp3) is 0.929. The van der Waals surface area contributed by atoms with Crippen molar-refractivity contribution in [2.75, 3.05) is 19.4 Å². The molecule has 20 heavy (non-hydrogen) atoms. The Kier molecular flexibility index (Phi) is 7.51. The summed E-state index contributed by atoms with van der Waals surface area (Å²) in [4.78, 5) is 10.9. The van der Waals surface area contributed by atoms with Crippen molar-refractivity contribution < 1.29 is 17.9 Å². The van der Waals surface area contributed by atoms with Gasteiger partial charge in [-0.15, -0.1) is 0 Å². The van der Waals surface area contributed by atoms with Gasteiger partial charge in [0, 0.05) is 13.0 Å². The van der Waals surface area contributed by atoms with Gasteiger partial charge in [0.15, 0.2) is 0 Å². The number of rotatable bonds is 8. The number of ether oxygens (including phenoxy) is 1. The molecular weight excluding hydrogens is 278 g/mol. The first kappa shape index (κ1) is 17.4. The van der Waals surface area contributed by atoms with Gasteiger partial charge < -0.3 is 4.74 Å². The maximum atomic E-state index is 11.7. The zero-order valence-electron chi connectivity index (χ0n) is 12.6. The summed E-state index contributed by atoms with van der Waals surface area (Å²) in [5.41, 5.74) is 0. The van der Waals surface area contributed by atoms with E-state index in [-0.39, 0.29) is 18.1 Å². The van der Waals surface area contributed by atoms with Crippen molar-refractivity contribution in [1.82, 2.24) is 4.72 Å². The Morgan fingerprint density at radius 1 is 1.35 bits per heavy atom. The van der Waals surface area contributed by atoms with E-state index >= 15 is 0 Å². The molecule has 1 saturated carbocycles. The summed E-state index contributed by atoms with van der Waals surface area (Å²) in [6.45, 7) is 2.78. The smallest absolute Gasteiger partial charge is 0.305 e. The van der Waals surface area contributed by atoms with Crippen molar-refractivity contribution in [1.29, 1.82) is 0 Å². The Balaban J connectivity index is 2.17. The largest absolute Gasteiger partial charge is 0.469 e. The molecule has 0 heterocycles. The average molecular weight is 305 g/mol.